The molecule has 0 aliphatic heterocycles. The SMILES string of the molecule is Nc1nonc1-c1nc2cncc(F)c2n1Cc1cccnn1. The van der Waals surface area contributed by atoms with Crippen LogP contribution >= 0.6 is 0 Å². The zero-order chi connectivity index (χ0) is 15.8. The number of hydrogen-bond acceptors (Lipinski definition) is 8. The highest BCUT2D eigenvalue weighted by Crippen LogP contribution is 2.28. The maximum atomic E-state index is 14.3. The highest BCUT2D eigenvalue weighted by atomic mass is 19.1. The van der Waals surface area contributed by atoms with E-state index in [4.69, 9.17) is 5.73 Å². The first kappa shape index (κ1) is 13.2. The monoisotopic (exact) mass is 312 g/mol. The van der Waals surface area contributed by atoms with E-state index in [0.29, 0.717) is 17.0 Å². The number of hydrogen-bond donors (Lipinski definition) is 1. The van der Waals surface area contributed by atoms with Crippen LogP contribution in [0, 0.1) is 5.82 Å². The summed E-state index contributed by atoms with van der Waals surface area (Å²) in [7, 11) is 0. The van der Waals surface area contributed by atoms with Crippen molar-refractivity contribution in [3.8, 4) is 11.5 Å². The van der Waals surface area contributed by atoms with Crippen LogP contribution in [-0.4, -0.2) is 35.0 Å². The van der Waals surface area contributed by atoms with Crippen LogP contribution in [-0.2, 0) is 6.54 Å². The average molecular weight is 312 g/mol. The number of aromatic nitrogens is 7. The van der Waals surface area contributed by atoms with Crippen molar-refractivity contribution in [2.75, 3.05) is 5.73 Å². The lowest BCUT2D eigenvalue weighted by Gasteiger charge is -2.07. The van der Waals surface area contributed by atoms with Crippen molar-refractivity contribution in [2.24, 2.45) is 0 Å². The van der Waals surface area contributed by atoms with E-state index in [1.54, 1.807) is 22.9 Å². The van der Waals surface area contributed by atoms with Gasteiger partial charge in [-0.25, -0.2) is 14.0 Å². The molecule has 0 spiro atoms. The normalized spacial score (nSPS) is 11.2. The molecule has 23 heavy (non-hydrogen) atoms. The van der Waals surface area contributed by atoms with Crippen LogP contribution in [0.5, 0.6) is 0 Å². The standard InChI is InChI=1S/C13H9FN8O/c14-8-4-16-5-9-11(8)22(6-7-2-1-3-17-19-7)13(18-9)10-12(15)21-23-20-10/h1-5H,6H2,(H2,15,21). The van der Waals surface area contributed by atoms with Crippen molar-refractivity contribution >= 4 is 16.9 Å². The Hall–Kier alpha value is -3.43. The molecule has 0 aliphatic carbocycles. The van der Waals surface area contributed by atoms with Crippen molar-refractivity contribution in [1.82, 2.24) is 35.0 Å². The molecular weight excluding hydrogens is 303 g/mol. The Morgan fingerprint density at radius 2 is 2.17 bits per heavy atom. The summed E-state index contributed by atoms with van der Waals surface area (Å²) in [4.78, 5) is 8.15. The summed E-state index contributed by atoms with van der Waals surface area (Å²) in [5.74, 6) is -0.134. The fraction of sp³-hybridized carbons (Fsp3) is 0.0769. The summed E-state index contributed by atoms with van der Waals surface area (Å²) < 4.78 is 20.5. The highest BCUT2D eigenvalue weighted by molar-refractivity contribution is 5.81. The summed E-state index contributed by atoms with van der Waals surface area (Å²) in [5, 5.41) is 15.1. The van der Waals surface area contributed by atoms with E-state index in [-0.39, 0.29) is 23.6 Å². The number of anilines is 1. The van der Waals surface area contributed by atoms with Crippen molar-refractivity contribution in [3.05, 3.63) is 42.2 Å². The lowest BCUT2D eigenvalue weighted by Crippen LogP contribution is -2.06. The lowest BCUT2D eigenvalue weighted by molar-refractivity contribution is 0.310. The van der Waals surface area contributed by atoms with Crippen molar-refractivity contribution in [1.29, 1.82) is 0 Å². The zero-order valence-electron chi connectivity index (χ0n) is 11.6. The van der Waals surface area contributed by atoms with Gasteiger partial charge in [-0.05, 0) is 22.4 Å². The molecule has 0 aromatic carbocycles. The van der Waals surface area contributed by atoms with Gasteiger partial charge in [0.05, 0.1) is 24.6 Å². The van der Waals surface area contributed by atoms with E-state index < -0.39 is 5.82 Å². The fourth-order valence-electron chi connectivity index (χ4n) is 2.31. The smallest absolute Gasteiger partial charge is 0.199 e. The maximum Gasteiger partial charge on any atom is 0.199 e. The van der Waals surface area contributed by atoms with Crippen LogP contribution < -0.4 is 5.73 Å². The summed E-state index contributed by atoms with van der Waals surface area (Å²) in [6, 6.07) is 3.51. The Kier molecular flexibility index (Phi) is 2.93. The van der Waals surface area contributed by atoms with Crippen LogP contribution in [0.15, 0.2) is 35.4 Å². The molecule has 0 radical (unpaired) electrons. The molecule has 4 rings (SSSR count). The van der Waals surface area contributed by atoms with E-state index in [9.17, 15) is 4.39 Å². The number of halogens is 1. The predicted molar refractivity (Wildman–Crippen MR) is 76.3 cm³/mol. The molecule has 0 atom stereocenters. The molecule has 0 bridgehead atoms. The van der Waals surface area contributed by atoms with Gasteiger partial charge in [0, 0.05) is 6.20 Å². The minimum atomic E-state index is -0.514. The number of imidazole rings is 1. The van der Waals surface area contributed by atoms with E-state index in [0.717, 1.165) is 6.20 Å². The van der Waals surface area contributed by atoms with E-state index >= 15 is 0 Å². The number of nitrogens with two attached hydrogens (primary N) is 1. The van der Waals surface area contributed by atoms with Gasteiger partial charge in [-0.15, -0.1) is 0 Å². The predicted octanol–water partition coefficient (Wildman–Crippen LogP) is 1.04. The van der Waals surface area contributed by atoms with Crippen LogP contribution in [0.4, 0.5) is 10.2 Å². The zero-order valence-corrected chi connectivity index (χ0v) is 11.6. The van der Waals surface area contributed by atoms with Crippen molar-refractivity contribution in [3.63, 3.8) is 0 Å². The van der Waals surface area contributed by atoms with E-state index in [1.807, 2.05) is 0 Å². The molecule has 0 saturated carbocycles. The molecule has 2 N–H and O–H groups in total. The third-order valence-corrected chi connectivity index (χ3v) is 3.28. The molecule has 0 fully saturated rings. The van der Waals surface area contributed by atoms with Crippen LogP contribution in [0.3, 0.4) is 0 Å². The molecule has 4 aromatic heterocycles. The number of rotatable bonds is 3. The largest absolute Gasteiger partial charge is 0.379 e. The van der Waals surface area contributed by atoms with Gasteiger partial charge in [0.2, 0.25) is 0 Å². The molecule has 10 heteroatoms. The van der Waals surface area contributed by atoms with Crippen LogP contribution in [0.25, 0.3) is 22.6 Å². The van der Waals surface area contributed by atoms with Crippen molar-refractivity contribution in [2.45, 2.75) is 6.54 Å². The van der Waals surface area contributed by atoms with Gasteiger partial charge < -0.3 is 10.3 Å². The second kappa shape index (κ2) is 5.09. The maximum absolute atomic E-state index is 14.3. The summed E-state index contributed by atoms with van der Waals surface area (Å²) in [5.41, 5.74) is 7.22. The van der Waals surface area contributed by atoms with Gasteiger partial charge in [-0.3, -0.25) is 4.98 Å². The Morgan fingerprint density at radius 1 is 1.26 bits per heavy atom. The van der Waals surface area contributed by atoms with Crippen LogP contribution in [0.1, 0.15) is 5.69 Å². The molecule has 0 amide bonds. The Labute approximate surface area is 128 Å². The first-order valence-electron chi connectivity index (χ1n) is 6.59. The van der Waals surface area contributed by atoms with Crippen LogP contribution in [0.2, 0.25) is 0 Å². The van der Waals surface area contributed by atoms with Gasteiger partial charge in [0.1, 0.15) is 11.0 Å². The minimum Gasteiger partial charge on any atom is -0.379 e. The number of pyridine rings is 1. The molecular formula is C13H9FN8O. The average Bonchev–Trinajstić information content (AvgIpc) is 3.13. The number of fused-ring (bicyclic) bond motifs is 1. The molecule has 9 nitrogen and oxygen atoms in total. The van der Waals surface area contributed by atoms with E-state index in [1.165, 1.54) is 6.20 Å². The quantitative estimate of drug-likeness (QED) is 0.595. The first-order chi connectivity index (χ1) is 11.2. The Balaban J connectivity index is 1.97. The Bertz CT molecular complexity index is 980. The van der Waals surface area contributed by atoms with Gasteiger partial charge >= 0.3 is 0 Å². The Morgan fingerprint density at radius 3 is 2.91 bits per heavy atom. The van der Waals surface area contributed by atoms with Gasteiger partial charge in [0.25, 0.3) is 0 Å². The third-order valence-electron chi connectivity index (χ3n) is 3.28. The van der Waals surface area contributed by atoms with Gasteiger partial charge in [-0.2, -0.15) is 10.2 Å². The molecule has 0 aliphatic rings. The third kappa shape index (κ3) is 2.16. The van der Waals surface area contributed by atoms with Crippen molar-refractivity contribution < 1.29 is 9.02 Å². The fourth-order valence-corrected chi connectivity index (χ4v) is 2.31. The van der Waals surface area contributed by atoms with Gasteiger partial charge in [-0.1, -0.05) is 0 Å². The highest BCUT2D eigenvalue weighted by Gasteiger charge is 2.21. The summed E-state index contributed by atoms with van der Waals surface area (Å²) in [6.07, 6.45) is 4.13. The summed E-state index contributed by atoms with van der Waals surface area (Å²) in [6.45, 7) is 0.229. The number of nitrogen functional groups attached to an aromatic ring is 1. The molecule has 4 heterocycles. The minimum absolute atomic E-state index is 0.0640. The molecule has 0 saturated heterocycles. The van der Waals surface area contributed by atoms with E-state index in [2.05, 4.69) is 35.1 Å². The second-order valence-corrected chi connectivity index (χ2v) is 4.72. The topological polar surface area (TPSA) is 121 Å². The number of nitrogens with zero attached hydrogens (tertiary/aromatic N) is 7. The lowest BCUT2D eigenvalue weighted by atomic mass is 10.3. The van der Waals surface area contributed by atoms with Gasteiger partial charge in [0.15, 0.2) is 23.2 Å². The molecule has 114 valence electrons. The summed E-state index contributed by atoms with van der Waals surface area (Å²) >= 11 is 0. The molecule has 4 aromatic rings. The molecule has 0 unspecified atom stereocenters. The first-order valence-corrected chi connectivity index (χ1v) is 6.59. The second-order valence-electron chi connectivity index (χ2n) is 4.72.